The Morgan fingerprint density at radius 3 is 1.22 bits per heavy atom. The molecule has 9 heteroatoms. The van der Waals surface area contributed by atoms with Crippen LogP contribution in [0.25, 0.3) is 0 Å². The van der Waals surface area contributed by atoms with Gasteiger partial charge in [0.05, 0.1) is 22.8 Å². The van der Waals surface area contributed by atoms with Crippen LogP contribution in [0.3, 0.4) is 0 Å². The van der Waals surface area contributed by atoms with Crippen LogP contribution in [0.1, 0.15) is 40.5 Å². The standard InChI is InChI=1S/2C7H15N3O.Co/c2*1-6(7(2)10-11)9-5-3-4-8;/h2*11H,3-5,8H2,1-2H3;/q;;+3. The van der Waals surface area contributed by atoms with E-state index in [0.29, 0.717) is 37.6 Å². The van der Waals surface area contributed by atoms with Gasteiger partial charge in [-0.1, -0.05) is 10.3 Å². The van der Waals surface area contributed by atoms with Gasteiger partial charge in [0.15, 0.2) is 0 Å². The van der Waals surface area contributed by atoms with Gasteiger partial charge in [-0.2, -0.15) is 0 Å². The van der Waals surface area contributed by atoms with Crippen LogP contribution < -0.4 is 11.5 Å². The maximum atomic E-state index is 8.34. The summed E-state index contributed by atoms with van der Waals surface area (Å²) in [6, 6.07) is 0. The zero-order valence-corrected chi connectivity index (χ0v) is 15.5. The third kappa shape index (κ3) is 16.9. The molecule has 0 radical (unpaired) electrons. The van der Waals surface area contributed by atoms with Gasteiger partial charge in [0.25, 0.3) is 0 Å². The van der Waals surface area contributed by atoms with Crippen molar-refractivity contribution in [1.82, 2.24) is 0 Å². The molecule has 0 rings (SSSR count). The molecule has 0 saturated heterocycles. The van der Waals surface area contributed by atoms with Gasteiger partial charge in [0, 0.05) is 13.1 Å². The van der Waals surface area contributed by atoms with Crippen molar-refractivity contribution in [1.29, 1.82) is 0 Å². The molecule has 0 aromatic heterocycles. The summed E-state index contributed by atoms with van der Waals surface area (Å²) in [5.74, 6) is 0. The van der Waals surface area contributed by atoms with E-state index >= 15 is 0 Å². The van der Waals surface area contributed by atoms with E-state index in [9.17, 15) is 0 Å². The maximum absolute atomic E-state index is 8.34. The molecule has 0 spiro atoms. The summed E-state index contributed by atoms with van der Waals surface area (Å²) in [7, 11) is 0. The molecule has 8 nitrogen and oxygen atoms in total. The molecule has 0 aromatic carbocycles. The molecule has 0 aromatic rings. The minimum Gasteiger partial charge on any atom is -0.411 e. The van der Waals surface area contributed by atoms with Gasteiger partial charge in [-0.15, -0.1) is 0 Å². The first-order chi connectivity index (χ1) is 10.4. The molecular formula is C14H30CoN6O2+3. The largest absolute Gasteiger partial charge is 3.00 e. The summed E-state index contributed by atoms with van der Waals surface area (Å²) in [6.45, 7) is 9.74. The molecule has 0 aliphatic carbocycles. The zero-order chi connectivity index (χ0) is 17.4. The minimum absolute atomic E-state index is 0. The molecule has 6 N–H and O–H groups in total. The summed E-state index contributed by atoms with van der Waals surface area (Å²) in [5.41, 5.74) is 13.2. The fourth-order valence-electron chi connectivity index (χ4n) is 1.05. The van der Waals surface area contributed by atoms with E-state index in [1.807, 2.05) is 13.8 Å². The van der Waals surface area contributed by atoms with Crippen molar-refractivity contribution in [2.75, 3.05) is 26.2 Å². The molecule has 23 heavy (non-hydrogen) atoms. The quantitative estimate of drug-likeness (QED) is 0.220. The van der Waals surface area contributed by atoms with Gasteiger partial charge in [-0.25, -0.2) is 0 Å². The third-order valence-electron chi connectivity index (χ3n) is 2.77. The zero-order valence-electron chi connectivity index (χ0n) is 14.4. The first-order valence-electron chi connectivity index (χ1n) is 7.24. The smallest absolute Gasteiger partial charge is 0.411 e. The third-order valence-corrected chi connectivity index (χ3v) is 2.77. The van der Waals surface area contributed by atoms with Crippen molar-refractivity contribution in [2.24, 2.45) is 31.8 Å². The van der Waals surface area contributed by atoms with Gasteiger partial charge in [-0.05, 0) is 53.6 Å². The van der Waals surface area contributed by atoms with E-state index in [1.54, 1.807) is 13.8 Å². The second kappa shape index (κ2) is 18.8. The van der Waals surface area contributed by atoms with Crippen LogP contribution in [0.4, 0.5) is 0 Å². The average Bonchev–Trinajstić information content (AvgIpc) is 2.54. The predicted octanol–water partition coefficient (Wildman–Crippen LogP) is 1.29. The molecule has 0 atom stereocenters. The Kier molecular flexibility index (Phi) is 21.7. The summed E-state index contributed by atoms with van der Waals surface area (Å²) < 4.78 is 0. The Hall–Kier alpha value is -1.29. The molecule has 0 bridgehead atoms. The van der Waals surface area contributed by atoms with Crippen LogP contribution in [-0.4, -0.2) is 59.4 Å². The number of nitrogens with two attached hydrogens (primary N) is 2. The average molecular weight is 373 g/mol. The Morgan fingerprint density at radius 2 is 1.00 bits per heavy atom. The molecule has 0 aliphatic rings. The number of nitrogens with zero attached hydrogens (tertiary/aromatic N) is 4. The Bertz CT molecular complexity index is 370. The van der Waals surface area contributed by atoms with Crippen LogP contribution in [0.5, 0.6) is 0 Å². The number of rotatable bonds is 8. The van der Waals surface area contributed by atoms with Gasteiger partial charge in [0.1, 0.15) is 0 Å². The van der Waals surface area contributed by atoms with Gasteiger partial charge >= 0.3 is 16.8 Å². The number of aliphatic imine (C=N–C) groups is 2. The van der Waals surface area contributed by atoms with E-state index < -0.39 is 0 Å². The van der Waals surface area contributed by atoms with Gasteiger partial charge in [0.2, 0.25) is 0 Å². The molecule has 0 heterocycles. The number of hydrogen-bond acceptors (Lipinski definition) is 8. The molecule has 0 aliphatic heterocycles. The summed E-state index contributed by atoms with van der Waals surface area (Å²) in [4.78, 5) is 8.26. The first kappa shape index (κ1) is 26.6. The van der Waals surface area contributed by atoms with Crippen LogP contribution >= 0.6 is 0 Å². The van der Waals surface area contributed by atoms with Crippen molar-refractivity contribution >= 4 is 22.8 Å². The summed E-state index contributed by atoms with van der Waals surface area (Å²) in [5, 5.41) is 22.7. The van der Waals surface area contributed by atoms with E-state index in [1.165, 1.54) is 0 Å². The molecule has 134 valence electrons. The number of hydrogen-bond donors (Lipinski definition) is 4. The fourth-order valence-corrected chi connectivity index (χ4v) is 1.05. The molecular weight excluding hydrogens is 343 g/mol. The van der Waals surface area contributed by atoms with Crippen molar-refractivity contribution in [3.8, 4) is 0 Å². The second-order valence-electron chi connectivity index (χ2n) is 4.59. The van der Waals surface area contributed by atoms with Gasteiger partial charge < -0.3 is 21.9 Å². The van der Waals surface area contributed by atoms with Crippen LogP contribution in [0.2, 0.25) is 0 Å². The molecule has 0 saturated carbocycles. The summed E-state index contributed by atoms with van der Waals surface area (Å²) >= 11 is 0. The van der Waals surface area contributed by atoms with E-state index in [2.05, 4.69) is 20.3 Å². The predicted molar refractivity (Wildman–Crippen MR) is 93.1 cm³/mol. The van der Waals surface area contributed by atoms with E-state index in [0.717, 1.165) is 24.3 Å². The van der Waals surface area contributed by atoms with Crippen LogP contribution in [-0.2, 0) is 16.8 Å². The van der Waals surface area contributed by atoms with Crippen LogP contribution in [0, 0.1) is 0 Å². The van der Waals surface area contributed by atoms with E-state index in [4.69, 9.17) is 21.9 Å². The van der Waals surface area contributed by atoms with Gasteiger partial charge in [-0.3, -0.25) is 9.98 Å². The van der Waals surface area contributed by atoms with Crippen molar-refractivity contribution in [2.45, 2.75) is 40.5 Å². The van der Waals surface area contributed by atoms with Crippen molar-refractivity contribution < 1.29 is 27.2 Å². The second-order valence-corrected chi connectivity index (χ2v) is 4.59. The van der Waals surface area contributed by atoms with E-state index in [-0.39, 0.29) is 16.8 Å². The normalized spacial score (nSPS) is 13.1. The Morgan fingerprint density at radius 1 is 0.696 bits per heavy atom. The Labute approximate surface area is 149 Å². The van der Waals surface area contributed by atoms with Crippen molar-refractivity contribution in [3.05, 3.63) is 0 Å². The monoisotopic (exact) mass is 373 g/mol. The Balaban J connectivity index is -0.000000333. The SMILES string of the molecule is CC(=NO)C(C)=NCCCN.CC(=NO)C(C)=NCCCN.[Co+3]. The summed E-state index contributed by atoms with van der Waals surface area (Å²) in [6.07, 6.45) is 1.74. The fraction of sp³-hybridized carbons (Fsp3) is 0.714. The topological polar surface area (TPSA) is 142 Å². The first-order valence-corrected chi connectivity index (χ1v) is 7.24. The maximum Gasteiger partial charge on any atom is 3.00 e. The van der Waals surface area contributed by atoms with Crippen molar-refractivity contribution in [3.63, 3.8) is 0 Å². The minimum atomic E-state index is 0. The molecule has 0 unspecified atom stereocenters. The number of oxime groups is 2. The molecule has 0 fully saturated rings. The molecule has 0 amide bonds. The van der Waals surface area contributed by atoms with Crippen LogP contribution in [0.15, 0.2) is 20.3 Å².